The molecule has 0 radical (unpaired) electrons. The molecule has 1 aliphatic heterocycles. The minimum absolute atomic E-state index is 0.0341. The van der Waals surface area contributed by atoms with E-state index in [2.05, 4.69) is 25.5 Å². The first-order valence-electron chi connectivity index (χ1n) is 15.8. The zero-order valence-electron chi connectivity index (χ0n) is 27.2. The second-order valence-electron chi connectivity index (χ2n) is 12.8. The SMILES string of the molecule is CC(O)c1ccc2cc(NC(=O)OCc3ccccc3)c(C(=O)Nc3cnccc3N3CCC[C@H](CC(=O)OC(C)(C)C)C3)nc2c1. The summed E-state index contributed by atoms with van der Waals surface area (Å²) < 4.78 is 11.0. The molecule has 1 unspecified atom stereocenters. The Bertz CT molecular complexity index is 1740. The molecule has 5 rings (SSSR count). The highest BCUT2D eigenvalue weighted by Crippen LogP contribution is 2.32. The molecule has 1 fully saturated rings. The molecule has 47 heavy (non-hydrogen) atoms. The number of nitrogens with one attached hydrogen (secondary N) is 2. The Kier molecular flexibility index (Phi) is 10.4. The summed E-state index contributed by atoms with van der Waals surface area (Å²) in [6.45, 7) is 8.63. The van der Waals surface area contributed by atoms with Crippen molar-refractivity contribution in [2.75, 3.05) is 28.6 Å². The number of rotatable bonds is 9. The van der Waals surface area contributed by atoms with Gasteiger partial charge in [0.15, 0.2) is 5.69 Å². The van der Waals surface area contributed by atoms with Gasteiger partial charge in [0.05, 0.1) is 41.3 Å². The van der Waals surface area contributed by atoms with Crippen molar-refractivity contribution < 1.29 is 29.0 Å². The highest BCUT2D eigenvalue weighted by atomic mass is 16.6. The molecule has 2 atom stereocenters. The Hall–Kier alpha value is -5.03. The molecule has 2 aromatic carbocycles. The number of aliphatic hydroxyl groups is 1. The first-order chi connectivity index (χ1) is 22.4. The van der Waals surface area contributed by atoms with E-state index in [1.54, 1.807) is 43.6 Å². The number of aromatic nitrogens is 2. The molecular formula is C36H41N5O6. The predicted octanol–water partition coefficient (Wildman–Crippen LogP) is 6.63. The number of esters is 1. The van der Waals surface area contributed by atoms with Gasteiger partial charge in [0.1, 0.15) is 12.2 Å². The maximum atomic E-state index is 13.9. The van der Waals surface area contributed by atoms with E-state index >= 15 is 0 Å². The predicted molar refractivity (Wildman–Crippen MR) is 180 cm³/mol. The standard InChI is InChI=1S/C36H41N5O6/c1-23(42)26-12-13-27-19-29(40-35(45)46-22-24-9-6-5-7-10-24)33(38-28(27)18-26)34(44)39-30-20-37-15-14-31(30)41-16-8-11-25(21-41)17-32(43)47-36(2,3)4/h5-7,9-10,12-15,18-20,23,25,42H,8,11,16-17,21-22H2,1-4H3,(H,39,44)(H,40,45)/t23?,25-/m1/s1. The fraction of sp³-hybridized carbons (Fsp3) is 0.361. The third-order valence-electron chi connectivity index (χ3n) is 7.77. The molecule has 0 spiro atoms. The molecule has 0 saturated carbocycles. The number of nitrogens with zero attached hydrogens (tertiary/aromatic N) is 3. The Labute approximate surface area is 274 Å². The van der Waals surface area contributed by atoms with Crippen molar-refractivity contribution in [1.82, 2.24) is 9.97 Å². The third-order valence-corrected chi connectivity index (χ3v) is 7.77. The van der Waals surface area contributed by atoms with Crippen molar-refractivity contribution in [1.29, 1.82) is 0 Å². The number of carbonyl (C=O) groups is 3. The highest BCUT2D eigenvalue weighted by Gasteiger charge is 2.27. The van der Waals surface area contributed by atoms with Gasteiger partial charge in [-0.15, -0.1) is 0 Å². The van der Waals surface area contributed by atoms with Crippen LogP contribution in [0.15, 0.2) is 73.1 Å². The van der Waals surface area contributed by atoms with Gasteiger partial charge in [0, 0.05) is 24.7 Å². The van der Waals surface area contributed by atoms with Crippen molar-refractivity contribution in [2.45, 2.75) is 65.3 Å². The van der Waals surface area contributed by atoms with E-state index in [1.807, 2.05) is 57.2 Å². The smallest absolute Gasteiger partial charge is 0.412 e. The number of hydrogen-bond donors (Lipinski definition) is 3. The number of fused-ring (bicyclic) bond motifs is 1. The largest absolute Gasteiger partial charge is 0.460 e. The fourth-order valence-electron chi connectivity index (χ4n) is 5.59. The summed E-state index contributed by atoms with van der Waals surface area (Å²) in [6.07, 6.45) is 3.84. The van der Waals surface area contributed by atoms with Gasteiger partial charge < -0.3 is 24.8 Å². The number of aliphatic hydroxyl groups excluding tert-OH is 1. The average molecular weight is 640 g/mol. The molecule has 0 aliphatic carbocycles. The van der Waals surface area contributed by atoms with Crippen LogP contribution in [0.25, 0.3) is 10.9 Å². The molecule has 1 saturated heterocycles. The van der Waals surface area contributed by atoms with Crippen LogP contribution < -0.4 is 15.5 Å². The monoisotopic (exact) mass is 639 g/mol. The summed E-state index contributed by atoms with van der Waals surface area (Å²) in [4.78, 5) is 50.3. The molecule has 0 bridgehead atoms. The van der Waals surface area contributed by atoms with Gasteiger partial charge in [-0.2, -0.15) is 0 Å². The molecule has 11 heteroatoms. The first kappa shape index (κ1) is 33.3. The number of anilines is 3. The molecule has 3 N–H and O–H groups in total. The average Bonchev–Trinajstić information content (AvgIpc) is 3.03. The molecule has 4 aromatic rings. The summed E-state index contributed by atoms with van der Waals surface area (Å²) in [5.74, 6) is -0.696. The van der Waals surface area contributed by atoms with Crippen LogP contribution in [-0.2, 0) is 20.9 Å². The summed E-state index contributed by atoms with van der Waals surface area (Å²) >= 11 is 0. The molecule has 2 aromatic heterocycles. The first-order valence-corrected chi connectivity index (χ1v) is 15.8. The number of ether oxygens (including phenoxy) is 2. The fourth-order valence-corrected chi connectivity index (χ4v) is 5.59. The minimum atomic E-state index is -0.740. The normalized spacial score (nSPS) is 15.5. The van der Waals surface area contributed by atoms with Crippen LogP contribution in [0.2, 0.25) is 0 Å². The number of pyridine rings is 2. The number of amides is 2. The van der Waals surface area contributed by atoms with Gasteiger partial charge in [0.25, 0.3) is 5.91 Å². The van der Waals surface area contributed by atoms with Crippen LogP contribution in [0.3, 0.4) is 0 Å². The Balaban J connectivity index is 1.38. The zero-order valence-corrected chi connectivity index (χ0v) is 27.2. The van der Waals surface area contributed by atoms with Gasteiger partial charge in [-0.05, 0) is 75.8 Å². The maximum absolute atomic E-state index is 13.9. The molecule has 2 amide bonds. The topological polar surface area (TPSA) is 143 Å². The molecule has 1 aliphatic rings. The van der Waals surface area contributed by atoms with E-state index in [1.165, 1.54) is 0 Å². The van der Waals surface area contributed by atoms with Crippen molar-refractivity contribution in [3.63, 3.8) is 0 Å². The van der Waals surface area contributed by atoms with Crippen molar-refractivity contribution >= 4 is 45.9 Å². The lowest BCUT2D eigenvalue weighted by Gasteiger charge is -2.35. The lowest BCUT2D eigenvalue weighted by Crippen LogP contribution is -2.37. The van der Waals surface area contributed by atoms with E-state index in [0.717, 1.165) is 30.6 Å². The highest BCUT2D eigenvalue weighted by molar-refractivity contribution is 6.11. The van der Waals surface area contributed by atoms with Crippen LogP contribution in [0, 0.1) is 5.92 Å². The number of piperidine rings is 1. The number of carbonyl (C=O) groups excluding carboxylic acids is 3. The summed E-state index contributed by atoms with van der Waals surface area (Å²) in [6, 6.07) is 18.0. The molecule has 3 heterocycles. The maximum Gasteiger partial charge on any atom is 0.412 e. The second kappa shape index (κ2) is 14.6. The lowest BCUT2D eigenvalue weighted by atomic mass is 9.94. The van der Waals surface area contributed by atoms with Crippen LogP contribution in [0.5, 0.6) is 0 Å². The van der Waals surface area contributed by atoms with Gasteiger partial charge in [-0.1, -0.05) is 42.5 Å². The molecule has 11 nitrogen and oxygen atoms in total. The number of benzene rings is 2. The summed E-state index contributed by atoms with van der Waals surface area (Å²) in [5, 5.41) is 16.4. The van der Waals surface area contributed by atoms with Crippen molar-refractivity contribution in [3.8, 4) is 0 Å². The van der Waals surface area contributed by atoms with E-state index < -0.39 is 23.7 Å². The van der Waals surface area contributed by atoms with Gasteiger partial charge in [-0.25, -0.2) is 9.78 Å². The minimum Gasteiger partial charge on any atom is -0.460 e. The second-order valence-corrected chi connectivity index (χ2v) is 12.8. The van der Waals surface area contributed by atoms with Crippen LogP contribution >= 0.6 is 0 Å². The Morgan fingerprint density at radius 1 is 1.04 bits per heavy atom. The van der Waals surface area contributed by atoms with Crippen LogP contribution in [0.4, 0.5) is 21.9 Å². The van der Waals surface area contributed by atoms with Gasteiger partial charge in [0.2, 0.25) is 0 Å². The quantitative estimate of drug-likeness (QED) is 0.172. The molecule has 246 valence electrons. The van der Waals surface area contributed by atoms with Gasteiger partial charge >= 0.3 is 12.1 Å². The third kappa shape index (κ3) is 9.04. The van der Waals surface area contributed by atoms with Crippen molar-refractivity contribution in [3.05, 3.63) is 89.9 Å². The van der Waals surface area contributed by atoms with E-state index in [4.69, 9.17) is 9.47 Å². The van der Waals surface area contributed by atoms with E-state index in [0.29, 0.717) is 35.1 Å². The summed E-state index contributed by atoms with van der Waals surface area (Å²) in [5.41, 5.74) is 2.74. The molecular weight excluding hydrogens is 598 g/mol. The lowest BCUT2D eigenvalue weighted by molar-refractivity contribution is -0.156. The van der Waals surface area contributed by atoms with Crippen LogP contribution in [-0.4, -0.2) is 51.7 Å². The van der Waals surface area contributed by atoms with E-state index in [-0.39, 0.29) is 29.9 Å². The Morgan fingerprint density at radius 2 is 1.83 bits per heavy atom. The van der Waals surface area contributed by atoms with Crippen molar-refractivity contribution in [2.24, 2.45) is 5.92 Å². The van der Waals surface area contributed by atoms with Crippen LogP contribution in [0.1, 0.15) is 74.7 Å². The zero-order chi connectivity index (χ0) is 33.6. The summed E-state index contributed by atoms with van der Waals surface area (Å²) in [7, 11) is 0. The Morgan fingerprint density at radius 3 is 2.57 bits per heavy atom. The number of hydrogen-bond acceptors (Lipinski definition) is 9. The van der Waals surface area contributed by atoms with E-state index in [9.17, 15) is 19.5 Å². The van der Waals surface area contributed by atoms with Gasteiger partial charge in [-0.3, -0.25) is 19.9 Å².